The van der Waals surface area contributed by atoms with Crippen LogP contribution in [0.15, 0.2) is 48.6 Å². The molecule has 6 nitrogen and oxygen atoms in total. The van der Waals surface area contributed by atoms with Crippen molar-refractivity contribution in [1.82, 2.24) is 0 Å². The first-order chi connectivity index (χ1) is 31.0. The Morgan fingerprint density at radius 2 is 0.619 bits per heavy atom. The number of allylic oxidation sites excluding steroid dienone is 8. The van der Waals surface area contributed by atoms with Crippen LogP contribution in [0.2, 0.25) is 0 Å². The first-order valence-corrected chi connectivity index (χ1v) is 27.1. The summed E-state index contributed by atoms with van der Waals surface area (Å²) in [5, 5.41) is 0. The van der Waals surface area contributed by atoms with Gasteiger partial charge in [0.15, 0.2) is 6.10 Å². The maximum absolute atomic E-state index is 12.8. The molecule has 0 radical (unpaired) electrons. The molecule has 0 amide bonds. The smallest absolute Gasteiger partial charge is 0.306 e. The Hall–Kier alpha value is -2.63. The van der Waals surface area contributed by atoms with E-state index in [0.717, 1.165) is 77.0 Å². The highest BCUT2D eigenvalue weighted by Crippen LogP contribution is 2.16. The van der Waals surface area contributed by atoms with Crippen molar-refractivity contribution in [2.45, 2.75) is 284 Å². The Morgan fingerprint density at radius 1 is 0.333 bits per heavy atom. The summed E-state index contributed by atoms with van der Waals surface area (Å²) >= 11 is 0. The van der Waals surface area contributed by atoms with E-state index in [1.807, 2.05) is 0 Å². The third-order valence-corrected chi connectivity index (χ3v) is 11.8. The summed E-state index contributed by atoms with van der Waals surface area (Å²) in [6.07, 6.45) is 62.5. The molecule has 0 rings (SSSR count). The molecule has 6 heteroatoms. The van der Waals surface area contributed by atoms with Crippen LogP contribution in [0.3, 0.4) is 0 Å². The van der Waals surface area contributed by atoms with Crippen LogP contribution in [0.1, 0.15) is 278 Å². The minimum absolute atomic E-state index is 0.0861. The van der Waals surface area contributed by atoms with E-state index in [4.69, 9.17) is 14.2 Å². The molecular formula is C57H102O6. The van der Waals surface area contributed by atoms with Gasteiger partial charge in [0.25, 0.3) is 0 Å². The molecule has 0 aliphatic heterocycles. The summed E-state index contributed by atoms with van der Waals surface area (Å²) in [5.41, 5.74) is 0. The zero-order valence-corrected chi connectivity index (χ0v) is 41.8. The average molecular weight is 883 g/mol. The van der Waals surface area contributed by atoms with Crippen LogP contribution in [-0.2, 0) is 28.6 Å². The highest BCUT2D eigenvalue weighted by molar-refractivity contribution is 5.71. The van der Waals surface area contributed by atoms with Crippen LogP contribution >= 0.6 is 0 Å². The van der Waals surface area contributed by atoms with Gasteiger partial charge in [-0.1, -0.05) is 249 Å². The van der Waals surface area contributed by atoms with Gasteiger partial charge in [-0.15, -0.1) is 0 Å². The predicted octanol–water partition coefficient (Wildman–Crippen LogP) is 17.9. The maximum atomic E-state index is 12.8. The van der Waals surface area contributed by atoms with E-state index >= 15 is 0 Å². The van der Waals surface area contributed by atoms with Crippen molar-refractivity contribution in [3.05, 3.63) is 48.6 Å². The minimum Gasteiger partial charge on any atom is -0.462 e. The van der Waals surface area contributed by atoms with Gasteiger partial charge in [0.1, 0.15) is 13.2 Å². The fraction of sp³-hybridized carbons (Fsp3) is 0.807. The highest BCUT2D eigenvalue weighted by Gasteiger charge is 2.19. The summed E-state index contributed by atoms with van der Waals surface area (Å²) in [6.45, 7) is 6.50. The molecule has 0 aliphatic carbocycles. The average Bonchev–Trinajstić information content (AvgIpc) is 3.28. The molecule has 0 aliphatic rings. The number of hydrogen-bond acceptors (Lipinski definition) is 6. The molecule has 1 unspecified atom stereocenters. The van der Waals surface area contributed by atoms with Gasteiger partial charge in [-0.3, -0.25) is 14.4 Å². The molecule has 366 valence electrons. The standard InChI is InChI=1S/C57H102O6/c1-4-7-10-13-16-19-22-24-26-27-28-29-30-32-33-35-38-41-44-47-50-56(59)62-53-54(52-61-55(58)49-46-43-40-37-21-18-15-12-9-6-3)63-57(60)51-48-45-42-39-36-34-31-25-23-20-17-14-11-8-5-2/h8,11,17,20,25,31,36,39,54H,4-7,9-10,12-16,18-19,21-24,26-30,32-35,37-38,40-53H2,1-3H3/b11-8-,20-17-,31-25-,39-36-. The van der Waals surface area contributed by atoms with Crippen molar-refractivity contribution >= 4 is 17.9 Å². The van der Waals surface area contributed by atoms with E-state index in [0.29, 0.717) is 19.3 Å². The first-order valence-electron chi connectivity index (χ1n) is 27.1. The van der Waals surface area contributed by atoms with Crippen LogP contribution in [0.4, 0.5) is 0 Å². The third-order valence-electron chi connectivity index (χ3n) is 11.8. The summed E-state index contributed by atoms with van der Waals surface area (Å²) in [7, 11) is 0. The van der Waals surface area contributed by atoms with Crippen LogP contribution in [-0.4, -0.2) is 37.2 Å². The molecule has 0 saturated carbocycles. The molecule has 0 fully saturated rings. The van der Waals surface area contributed by atoms with Crippen molar-refractivity contribution in [3.63, 3.8) is 0 Å². The lowest BCUT2D eigenvalue weighted by atomic mass is 10.0. The molecule has 63 heavy (non-hydrogen) atoms. The number of ether oxygens (including phenoxy) is 3. The van der Waals surface area contributed by atoms with Crippen LogP contribution < -0.4 is 0 Å². The van der Waals surface area contributed by atoms with Crippen molar-refractivity contribution < 1.29 is 28.6 Å². The van der Waals surface area contributed by atoms with Crippen molar-refractivity contribution in [1.29, 1.82) is 0 Å². The molecular weight excluding hydrogens is 781 g/mol. The molecule has 0 spiro atoms. The van der Waals surface area contributed by atoms with Gasteiger partial charge in [0, 0.05) is 19.3 Å². The van der Waals surface area contributed by atoms with E-state index in [-0.39, 0.29) is 37.5 Å². The quantitative estimate of drug-likeness (QED) is 0.0262. The van der Waals surface area contributed by atoms with Crippen LogP contribution in [0.5, 0.6) is 0 Å². The summed E-state index contributed by atoms with van der Waals surface area (Å²) in [6, 6.07) is 0. The molecule has 0 aromatic carbocycles. The van der Waals surface area contributed by atoms with Crippen molar-refractivity contribution in [2.75, 3.05) is 13.2 Å². The number of hydrogen-bond donors (Lipinski definition) is 0. The Labute approximate surface area is 390 Å². The second-order valence-electron chi connectivity index (χ2n) is 18.1. The lowest BCUT2D eigenvalue weighted by molar-refractivity contribution is -0.167. The Bertz CT molecular complexity index is 1110. The van der Waals surface area contributed by atoms with Gasteiger partial charge in [0.05, 0.1) is 0 Å². The molecule has 0 saturated heterocycles. The van der Waals surface area contributed by atoms with Crippen molar-refractivity contribution in [2.24, 2.45) is 0 Å². The summed E-state index contributed by atoms with van der Waals surface area (Å²) in [4.78, 5) is 37.9. The van der Waals surface area contributed by atoms with E-state index in [9.17, 15) is 14.4 Å². The second kappa shape index (κ2) is 52.0. The predicted molar refractivity (Wildman–Crippen MR) is 270 cm³/mol. The van der Waals surface area contributed by atoms with Gasteiger partial charge in [-0.2, -0.15) is 0 Å². The lowest BCUT2D eigenvalue weighted by Crippen LogP contribution is -2.30. The van der Waals surface area contributed by atoms with Gasteiger partial charge in [0.2, 0.25) is 0 Å². The fourth-order valence-corrected chi connectivity index (χ4v) is 7.79. The lowest BCUT2D eigenvalue weighted by Gasteiger charge is -2.18. The minimum atomic E-state index is -0.789. The SMILES string of the molecule is CC/C=C\C/C=C\C/C=C\C/C=C\CCCCC(=O)OC(COC(=O)CCCCCCCCCCCC)COC(=O)CCCCCCCCCCCCCCCCCCCCCC. The number of carbonyl (C=O) groups excluding carboxylic acids is 3. The molecule has 0 heterocycles. The zero-order valence-electron chi connectivity index (χ0n) is 41.8. The van der Waals surface area contributed by atoms with Crippen LogP contribution in [0.25, 0.3) is 0 Å². The maximum Gasteiger partial charge on any atom is 0.306 e. The van der Waals surface area contributed by atoms with E-state index in [1.54, 1.807) is 0 Å². The van der Waals surface area contributed by atoms with E-state index in [1.165, 1.54) is 154 Å². The number of carbonyl (C=O) groups is 3. The fourth-order valence-electron chi connectivity index (χ4n) is 7.79. The first kappa shape index (κ1) is 60.4. The molecule has 0 aromatic rings. The van der Waals surface area contributed by atoms with E-state index < -0.39 is 6.10 Å². The largest absolute Gasteiger partial charge is 0.462 e. The number of unbranched alkanes of at least 4 members (excludes halogenated alkanes) is 30. The van der Waals surface area contributed by atoms with Gasteiger partial charge in [-0.05, 0) is 57.8 Å². The van der Waals surface area contributed by atoms with Gasteiger partial charge < -0.3 is 14.2 Å². The normalized spacial score (nSPS) is 12.4. The van der Waals surface area contributed by atoms with Gasteiger partial charge >= 0.3 is 17.9 Å². The number of rotatable bonds is 49. The Balaban J connectivity index is 4.31. The number of esters is 3. The Morgan fingerprint density at radius 3 is 0.968 bits per heavy atom. The van der Waals surface area contributed by atoms with Gasteiger partial charge in [-0.25, -0.2) is 0 Å². The molecule has 0 aromatic heterocycles. The highest BCUT2D eigenvalue weighted by atomic mass is 16.6. The topological polar surface area (TPSA) is 78.9 Å². The monoisotopic (exact) mass is 883 g/mol. The molecule has 1 atom stereocenters. The van der Waals surface area contributed by atoms with E-state index in [2.05, 4.69) is 69.4 Å². The molecule has 0 N–H and O–H groups in total. The van der Waals surface area contributed by atoms with Crippen LogP contribution in [0, 0.1) is 0 Å². The Kier molecular flexibility index (Phi) is 49.8. The second-order valence-corrected chi connectivity index (χ2v) is 18.1. The zero-order chi connectivity index (χ0) is 45.8. The van der Waals surface area contributed by atoms with Crippen molar-refractivity contribution in [3.8, 4) is 0 Å². The third kappa shape index (κ3) is 50.2. The summed E-state index contributed by atoms with van der Waals surface area (Å²) < 4.78 is 16.8. The molecule has 0 bridgehead atoms. The summed E-state index contributed by atoms with van der Waals surface area (Å²) in [5.74, 6) is -0.918.